The number of rotatable bonds is 2. The van der Waals surface area contributed by atoms with Gasteiger partial charge in [-0.1, -0.05) is 18.2 Å². The molecule has 3 N–H and O–H groups in total. The van der Waals surface area contributed by atoms with Crippen molar-refractivity contribution in [1.29, 1.82) is 0 Å². The fourth-order valence-corrected chi connectivity index (χ4v) is 1.56. The molecule has 2 aromatic carbocycles. The largest absolute Gasteiger partial charge is 0.478 e. The van der Waals surface area contributed by atoms with Crippen molar-refractivity contribution in [2.24, 2.45) is 0 Å². The van der Waals surface area contributed by atoms with E-state index >= 15 is 0 Å². The van der Waals surface area contributed by atoms with E-state index in [-0.39, 0.29) is 17.1 Å². The Morgan fingerprint density at radius 2 is 1.65 bits per heavy atom. The van der Waals surface area contributed by atoms with Crippen molar-refractivity contribution < 1.29 is 14.3 Å². The Labute approximate surface area is 97.3 Å². The Kier molecular flexibility index (Phi) is 2.78. The third-order valence-electron chi connectivity index (χ3n) is 2.46. The predicted molar refractivity (Wildman–Crippen MR) is 63.2 cm³/mol. The molecule has 0 bridgehead atoms. The van der Waals surface area contributed by atoms with Crippen molar-refractivity contribution in [2.75, 3.05) is 5.73 Å². The molecule has 0 heterocycles. The van der Waals surface area contributed by atoms with E-state index in [0.29, 0.717) is 5.56 Å². The Hall–Kier alpha value is -2.36. The lowest BCUT2D eigenvalue weighted by Crippen LogP contribution is -2.02. The van der Waals surface area contributed by atoms with Crippen LogP contribution in [0, 0.1) is 5.82 Å². The van der Waals surface area contributed by atoms with Crippen LogP contribution in [-0.2, 0) is 0 Å². The number of nitrogens with two attached hydrogens (primary N) is 1. The average molecular weight is 231 g/mol. The monoisotopic (exact) mass is 231 g/mol. The number of carbonyl (C=O) groups is 1. The van der Waals surface area contributed by atoms with Crippen molar-refractivity contribution in [3.63, 3.8) is 0 Å². The predicted octanol–water partition coefficient (Wildman–Crippen LogP) is 2.77. The molecule has 0 spiro atoms. The summed E-state index contributed by atoms with van der Waals surface area (Å²) in [5.41, 5.74) is 7.25. The molecule has 2 aromatic rings. The maximum absolute atomic E-state index is 12.8. The van der Waals surface area contributed by atoms with Gasteiger partial charge in [-0.05, 0) is 35.4 Å². The van der Waals surface area contributed by atoms with E-state index in [1.165, 1.54) is 24.3 Å². The minimum absolute atomic E-state index is 0.0480. The minimum Gasteiger partial charge on any atom is -0.478 e. The first-order valence-electron chi connectivity index (χ1n) is 4.96. The van der Waals surface area contributed by atoms with Gasteiger partial charge in [0.05, 0.1) is 5.56 Å². The van der Waals surface area contributed by atoms with Gasteiger partial charge in [-0.2, -0.15) is 0 Å². The average Bonchev–Trinajstić information content (AvgIpc) is 2.30. The lowest BCUT2D eigenvalue weighted by molar-refractivity contribution is 0.0698. The molecule has 2 rings (SSSR count). The van der Waals surface area contributed by atoms with Crippen LogP contribution in [0.2, 0.25) is 0 Å². The first-order valence-corrected chi connectivity index (χ1v) is 4.96. The fraction of sp³-hybridized carbons (Fsp3) is 0. The summed E-state index contributed by atoms with van der Waals surface area (Å²) in [5, 5.41) is 8.94. The highest BCUT2D eigenvalue weighted by Gasteiger charge is 2.09. The van der Waals surface area contributed by atoms with Gasteiger partial charge in [0.15, 0.2) is 0 Å². The van der Waals surface area contributed by atoms with Gasteiger partial charge in [-0.25, -0.2) is 9.18 Å². The topological polar surface area (TPSA) is 63.3 Å². The van der Waals surface area contributed by atoms with Crippen molar-refractivity contribution in [3.8, 4) is 11.1 Å². The smallest absolute Gasteiger partial charge is 0.337 e. The van der Waals surface area contributed by atoms with Gasteiger partial charge in [0.2, 0.25) is 0 Å². The number of hydrogen-bond donors (Lipinski definition) is 2. The summed E-state index contributed by atoms with van der Waals surface area (Å²) in [5.74, 6) is -1.41. The molecule has 0 atom stereocenters. The van der Waals surface area contributed by atoms with Crippen LogP contribution in [0.4, 0.5) is 10.1 Å². The zero-order valence-electron chi connectivity index (χ0n) is 8.85. The molecule has 0 aliphatic rings. The van der Waals surface area contributed by atoms with Crippen molar-refractivity contribution in [2.45, 2.75) is 0 Å². The highest BCUT2D eigenvalue weighted by Crippen LogP contribution is 2.24. The Morgan fingerprint density at radius 1 is 1.06 bits per heavy atom. The summed E-state index contributed by atoms with van der Waals surface area (Å²) >= 11 is 0. The quantitative estimate of drug-likeness (QED) is 0.781. The second-order valence-corrected chi connectivity index (χ2v) is 3.61. The van der Waals surface area contributed by atoms with E-state index in [0.717, 1.165) is 5.56 Å². The van der Waals surface area contributed by atoms with Crippen molar-refractivity contribution >= 4 is 11.7 Å². The van der Waals surface area contributed by atoms with Crippen LogP contribution in [0.5, 0.6) is 0 Å². The summed E-state index contributed by atoms with van der Waals surface area (Å²) in [6, 6.07) is 10.5. The zero-order valence-corrected chi connectivity index (χ0v) is 8.85. The molecule has 0 amide bonds. The van der Waals surface area contributed by atoms with E-state index in [1.54, 1.807) is 18.2 Å². The third-order valence-corrected chi connectivity index (χ3v) is 2.46. The number of aromatic carboxylic acids is 1. The Bertz CT molecular complexity index is 564. The number of carboxylic acid groups (broad SMARTS) is 1. The molecule has 0 saturated carbocycles. The minimum atomic E-state index is -1.08. The van der Waals surface area contributed by atoms with Crippen LogP contribution in [0.1, 0.15) is 10.4 Å². The first kappa shape index (κ1) is 11.1. The molecule has 86 valence electrons. The molecule has 0 radical (unpaired) electrons. The lowest BCUT2D eigenvalue weighted by atomic mass is 10.0. The SMILES string of the molecule is Nc1ccc(-c2ccc(F)cc2)cc1C(=O)O. The Balaban J connectivity index is 2.50. The van der Waals surface area contributed by atoms with E-state index in [2.05, 4.69) is 0 Å². The third kappa shape index (κ3) is 2.25. The normalized spacial score (nSPS) is 10.2. The number of hydrogen-bond acceptors (Lipinski definition) is 2. The van der Waals surface area contributed by atoms with Gasteiger partial charge in [-0.3, -0.25) is 0 Å². The van der Waals surface area contributed by atoms with Gasteiger partial charge in [-0.15, -0.1) is 0 Å². The molecule has 17 heavy (non-hydrogen) atoms. The van der Waals surface area contributed by atoms with Crippen LogP contribution in [-0.4, -0.2) is 11.1 Å². The molecule has 0 saturated heterocycles. The van der Waals surface area contributed by atoms with Crippen LogP contribution in [0.25, 0.3) is 11.1 Å². The van der Waals surface area contributed by atoms with Crippen LogP contribution in [0.3, 0.4) is 0 Å². The van der Waals surface area contributed by atoms with Gasteiger partial charge in [0.25, 0.3) is 0 Å². The standard InChI is InChI=1S/C13H10FNO2/c14-10-4-1-8(2-5-10)9-3-6-12(15)11(7-9)13(16)17/h1-7H,15H2,(H,16,17). The molecule has 4 heteroatoms. The van der Waals surface area contributed by atoms with E-state index < -0.39 is 5.97 Å². The molecule has 0 unspecified atom stereocenters. The Morgan fingerprint density at radius 3 is 2.24 bits per heavy atom. The molecular weight excluding hydrogens is 221 g/mol. The van der Waals surface area contributed by atoms with Gasteiger partial charge in [0.1, 0.15) is 5.82 Å². The number of carboxylic acids is 1. The van der Waals surface area contributed by atoms with Crippen molar-refractivity contribution in [1.82, 2.24) is 0 Å². The second-order valence-electron chi connectivity index (χ2n) is 3.61. The summed E-state index contributed by atoms with van der Waals surface area (Å²) in [6.07, 6.45) is 0. The molecule has 3 nitrogen and oxygen atoms in total. The zero-order chi connectivity index (χ0) is 12.4. The molecule has 0 aliphatic heterocycles. The first-order chi connectivity index (χ1) is 8.08. The number of halogens is 1. The summed E-state index contributed by atoms with van der Waals surface area (Å²) in [4.78, 5) is 10.9. The van der Waals surface area contributed by atoms with Crippen LogP contribution in [0.15, 0.2) is 42.5 Å². The molecule has 0 aromatic heterocycles. The number of nitrogen functional groups attached to an aromatic ring is 1. The summed E-state index contributed by atoms with van der Waals surface area (Å²) in [6.45, 7) is 0. The van der Waals surface area contributed by atoms with E-state index in [4.69, 9.17) is 10.8 Å². The fourth-order valence-electron chi connectivity index (χ4n) is 1.56. The van der Waals surface area contributed by atoms with Crippen LogP contribution < -0.4 is 5.73 Å². The molecule has 0 aliphatic carbocycles. The summed E-state index contributed by atoms with van der Waals surface area (Å²) < 4.78 is 12.8. The van der Waals surface area contributed by atoms with Gasteiger partial charge >= 0.3 is 5.97 Å². The lowest BCUT2D eigenvalue weighted by Gasteiger charge is -2.05. The van der Waals surface area contributed by atoms with Gasteiger partial charge < -0.3 is 10.8 Å². The number of anilines is 1. The maximum Gasteiger partial charge on any atom is 0.337 e. The maximum atomic E-state index is 12.8. The number of benzene rings is 2. The highest BCUT2D eigenvalue weighted by molar-refractivity contribution is 5.95. The molecular formula is C13H10FNO2. The van der Waals surface area contributed by atoms with Gasteiger partial charge in [0, 0.05) is 5.69 Å². The molecule has 0 fully saturated rings. The van der Waals surface area contributed by atoms with Crippen molar-refractivity contribution in [3.05, 3.63) is 53.8 Å². The highest BCUT2D eigenvalue weighted by atomic mass is 19.1. The summed E-state index contributed by atoms with van der Waals surface area (Å²) in [7, 11) is 0. The van der Waals surface area contributed by atoms with Crippen LogP contribution >= 0.6 is 0 Å². The second kappa shape index (κ2) is 4.25. The van der Waals surface area contributed by atoms with E-state index in [9.17, 15) is 9.18 Å². The van der Waals surface area contributed by atoms with E-state index in [1.807, 2.05) is 0 Å².